The van der Waals surface area contributed by atoms with Crippen molar-refractivity contribution in [2.45, 2.75) is 37.9 Å². The topological polar surface area (TPSA) is 70.5 Å². The molecule has 1 saturated heterocycles. The molecule has 9 heteroatoms. The van der Waals surface area contributed by atoms with E-state index in [-0.39, 0.29) is 12.3 Å². The first-order valence-corrected chi connectivity index (χ1v) is 9.28. The highest BCUT2D eigenvalue weighted by Crippen LogP contribution is 2.33. The second kappa shape index (κ2) is 7.67. The molecule has 1 amide bonds. The van der Waals surface area contributed by atoms with E-state index in [9.17, 15) is 27.9 Å². The maximum atomic E-state index is 12.9. The molecule has 0 bridgehead atoms. The zero-order valence-electron chi connectivity index (χ0n) is 14.2. The molecule has 0 aliphatic carbocycles. The summed E-state index contributed by atoms with van der Waals surface area (Å²) in [6, 6.07) is 4.03. The summed E-state index contributed by atoms with van der Waals surface area (Å²) in [6.45, 7) is 0.389. The molecule has 1 atom stereocenters. The van der Waals surface area contributed by atoms with Crippen LogP contribution in [0.15, 0.2) is 29.6 Å². The van der Waals surface area contributed by atoms with Gasteiger partial charge in [0.05, 0.1) is 17.7 Å². The quantitative estimate of drug-likeness (QED) is 0.850. The van der Waals surface area contributed by atoms with Crippen molar-refractivity contribution in [1.29, 1.82) is 0 Å². The number of aliphatic carboxylic acids is 1. The molecule has 1 aromatic carbocycles. The van der Waals surface area contributed by atoms with E-state index >= 15 is 0 Å². The van der Waals surface area contributed by atoms with Gasteiger partial charge in [-0.2, -0.15) is 13.2 Å². The molecule has 0 saturated carbocycles. The fourth-order valence-corrected chi connectivity index (χ4v) is 3.91. The van der Waals surface area contributed by atoms with Crippen molar-refractivity contribution >= 4 is 23.2 Å². The minimum Gasteiger partial charge on any atom is -0.480 e. The van der Waals surface area contributed by atoms with E-state index in [1.165, 1.54) is 17.0 Å². The number of carboxylic acid groups (broad SMARTS) is 1. The Bertz CT molecular complexity index is 850. The first kappa shape index (κ1) is 19.3. The maximum Gasteiger partial charge on any atom is 0.416 e. The second-order valence-electron chi connectivity index (χ2n) is 6.34. The predicted octanol–water partition coefficient (Wildman–Crippen LogP) is 3.84. The van der Waals surface area contributed by atoms with Gasteiger partial charge in [0, 0.05) is 17.5 Å². The van der Waals surface area contributed by atoms with Crippen molar-refractivity contribution in [2.75, 3.05) is 6.54 Å². The van der Waals surface area contributed by atoms with Crippen LogP contribution in [0.2, 0.25) is 0 Å². The summed E-state index contributed by atoms with van der Waals surface area (Å²) in [5.74, 6) is -1.35. The van der Waals surface area contributed by atoms with Crippen LogP contribution in [0.3, 0.4) is 0 Å². The Labute approximate surface area is 157 Å². The Morgan fingerprint density at radius 3 is 2.78 bits per heavy atom. The van der Waals surface area contributed by atoms with Gasteiger partial charge in [0.15, 0.2) is 0 Å². The number of alkyl halides is 3. The number of hydrogen-bond acceptors (Lipinski definition) is 4. The van der Waals surface area contributed by atoms with Crippen molar-refractivity contribution in [3.05, 3.63) is 40.9 Å². The lowest BCUT2D eigenvalue weighted by molar-refractivity contribution is -0.151. The summed E-state index contributed by atoms with van der Waals surface area (Å²) in [5, 5.41) is 11.3. The Morgan fingerprint density at radius 1 is 1.30 bits per heavy atom. The molecule has 5 nitrogen and oxygen atoms in total. The Balaban J connectivity index is 1.74. The fraction of sp³-hybridized carbons (Fsp3) is 0.389. The van der Waals surface area contributed by atoms with Gasteiger partial charge in [-0.05, 0) is 31.4 Å². The molecular formula is C18H17F3N2O3S. The molecule has 144 valence electrons. The number of benzene rings is 1. The molecule has 1 N–H and O–H groups in total. The number of piperidine rings is 1. The third-order valence-corrected chi connectivity index (χ3v) is 5.37. The maximum absolute atomic E-state index is 12.9. The molecule has 0 radical (unpaired) electrons. The van der Waals surface area contributed by atoms with Crippen LogP contribution in [0.5, 0.6) is 0 Å². The van der Waals surface area contributed by atoms with Crippen LogP contribution in [-0.4, -0.2) is 39.5 Å². The van der Waals surface area contributed by atoms with Gasteiger partial charge in [-0.1, -0.05) is 12.1 Å². The molecule has 0 spiro atoms. The molecule has 1 aliphatic rings. The normalized spacial score (nSPS) is 17.7. The van der Waals surface area contributed by atoms with Crippen molar-refractivity contribution in [3.8, 4) is 10.6 Å². The monoisotopic (exact) mass is 398 g/mol. The van der Waals surface area contributed by atoms with E-state index in [4.69, 9.17) is 0 Å². The van der Waals surface area contributed by atoms with Crippen LogP contribution in [0, 0.1) is 0 Å². The molecule has 2 aromatic rings. The average molecular weight is 398 g/mol. The lowest BCUT2D eigenvalue weighted by atomic mass is 10.0. The zero-order valence-corrected chi connectivity index (χ0v) is 15.0. The van der Waals surface area contributed by atoms with E-state index < -0.39 is 23.8 Å². The fourth-order valence-electron chi connectivity index (χ4n) is 3.09. The number of nitrogens with zero attached hydrogens (tertiary/aromatic N) is 2. The summed E-state index contributed by atoms with van der Waals surface area (Å²) in [7, 11) is 0. The molecule has 3 rings (SSSR count). The van der Waals surface area contributed by atoms with E-state index in [2.05, 4.69) is 4.98 Å². The number of carbonyl (C=O) groups is 2. The number of amides is 1. The number of aromatic nitrogens is 1. The minimum atomic E-state index is -4.44. The number of carboxylic acids is 1. The molecular weight excluding hydrogens is 381 g/mol. The summed E-state index contributed by atoms with van der Waals surface area (Å²) in [6.07, 6.45) is -2.57. The van der Waals surface area contributed by atoms with Gasteiger partial charge < -0.3 is 10.0 Å². The van der Waals surface area contributed by atoms with Crippen LogP contribution in [-0.2, 0) is 22.2 Å². The number of rotatable bonds is 4. The highest BCUT2D eigenvalue weighted by molar-refractivity contribution is 7.13. The van der Waals surface area contributed by atoms with Gasteiger partial charge in [0.1, 0.15) is 11.0 Å². The van der Waals surface area contributed by atoms with Crippen molar-refractivity contribution in [2.24, 2.45) is 0 Å². The summed E-state index contributed by atoms with van der Waals surface area (Å²) >= 11 is 1.15. The lowest BCUT2D eigenvalue weighted by Gasteiger charge is -2.32. The lowest BCUT2D eigenvalue weighted by Crippen LogP contribution is -2.48. The van der Waals surface area contributed by atoms with Crippen molar-refractivity contribution in [1.82, 2.24) is 9.88 Å². The largest absolute Gasteiger partial charge is 0.480 e. The third-order valence-electron chi connectivity index (χ3n) is 4.43. The molecule has 1 aliphatic heterocycles. The first-order chi connectivity index (χ1) is 12.8. The van der Waals surface area contributed by atoms with Crippen LogP contribution >= 0.6 is 11.3 Å². The SMILES string of the molecule is O=C(O)[C@@H]1CCCCN1C(=O)Cc1csc(-c2cccc(C(F)(F)F)c2)n1. The highest BCUT2D eigenvalue weighted by atomic mass is 32.1. The highest BCUT2D eigenvalue weighted by Gasteiger charge is 2.32. The Morgan fingerprint density at radius 2 is 2.07 bits per heavy atom. The van der Waals surface area contributed by atoms with Gasteiger partial charge in [-0.25, -0.2) is 9.78 Å². The molecule has 27 heavy (non-hydrogen) atoms. The smallest absolute Gasteiger partial charge is 0.416 e. The van der Waals surface area contributed by atoms with Gasteiger partial charge in [-0.3, -0.25) is 4.79 Å². The van der Waals surface area contributed by atoms with E-state index in [0.717, 1.165) is 36.3 Å². The summed E-state index contributed by atoms with van der Waals surface area (Å²) in [5.41, 5.74) is -0.00697. The van der Waals surface area contributed by atoms with Crippen molar-refractivity contribution in [3.63, 3.8) is 0 Å². The summed E-state index contributed by atoms with van der Waals surface area (Å²) < 4.78 is 38.6. The number of halogens is 3. The summed E-state index contributed by atoms with van der Waals surface area (Å²) in [4.78, 5) is 29.4. The molecule has 2 heterocycles. The van der Waals surface area contributed by atoms with Gasteiger partial charge >= 0.3 is 12.1 Å². The van der Waals surface area contributed by atoms with E-state index in [0.29, 0.717) is 29.2 Å². The zero-order chi connectivity index (χ0) is 19.6. The number of thiazole rings is 1. The van der Waals surface area contributed by atoms with Crippen LogP contribution < -0.4 is 0 Å². The molecule has 1 aromatic heterocycles. The Hall–Kier alpha value is -2.42. The number of hydrogen-bond donors (Lipinski definition) is 1. The Kier molecular flexibility index (Phi) is 5.50. The third kappa shape index (κ3) is 4.47. The standard InChI is InChI=1S/C18H17F3N2O3S/c19-18(20,21)12-5-3-4-11(8-12)16-22-13(10-27-16)9-15(24)23-7-2-1-6-14(23)17(25)26/h3-5,8,10,14H,1-2,6-7,9H2,(H,25,26)/t14-/m0/s1. The van der Waals surface area contributed by atoms with Crippen molar-refractivity contribution < 1.29 is 27.9 Å². The number of carbonyl (C=O) groups excluding carboxylic acids is 1. The van der Waals surface area contributed by atoms with Gasteiger partial charge in [0.25, 0.3) is 0 Å². The van der Waals surface area contributed by atoms with Gasteiger partial charge in [-0.15, -0.1) is 11.3 Å². The van der Waals surface area contributed by atoms with Gasteiger partial charge in [0.2, 0.25) is 5.91 Å². The molecule has 1 fully saturated rings. The second-order valence-corrected chi connectivity index (χ2v) is 7.19. The molecule has 0 unspecified atom stereocenters. The van der Waals surface area contributed by atoms with Crippen LogP contribution in [0.4, 0.5) is 13.2 Å². The average Bonchev–Trinajstić information content (AvgIpc) is 3.09. The van der Waals surface area contributed by atoms with E-state index in [1.807, 2.05) is 0 Å². The van der Waals surface area contributed by atoms with Crippen LogP contribution in [0.25, 0.3) is 10.6 Å². The minimum absolute atomic E-state index is 0.0702. The van der Waals surface area contributed by atoms with Crippen LogP contribution in [0.1, 0.15) is 30.5 Å². The predicted molar refractivity (Wildman–Crippen MR) is 93.2 cm³/mol. The number of likely N-dealkylation sites (tertiary alicyclic amines) is 1. The van der Waals surface area contributed by atoms with E-state index in [1.54, 1.807) is 5.38 Å². The first-order valence-electron chi connectivity index (χ1n) is 8.40.